The summed E-state index contributed by atoms with van der Waals surface area (Å²) < 4.78 is 4.78. The van der Waals surface area contributed by atoms with Gasteiger partial charge in [-0.25, -0.2) is 0 Å². The van der Waals surface area contributed by atoms with Crippen molar-refractivity contribution in [2.24, 2.45) is 0 Å². The Kier molecular flexibility index (Phi) is 0.972. The van der Waals surface area contributed by atoms with Crippen molar-refractivity contribution in [1.82, 2.24) is 9.69 Å². The Morgan fingerprint density at radius 1 is 1.50 bits per heavy atom. The predicted molar refractivity (Wildman–Crippen MR) is 35.9 cm³/mol. The van der Waals surface area contributed by atoms with E-state index in [2.05, 4.69) is 0 Å². The molecule has 0 atom stereocenters. The molecule has 7 nitrogen and oxygen atoms in total. The number of anilines is 1. The van der Waals surface area contributed by atoms with Gasteiger partial charge in [-0.1, -0.05) is 9.69 Å². The number of hydrogen-bond donors (Lipinski definition) is 4. The number of rotatable bonds is 0. The largest absolute Gasteiger partial charge is 0.433 e. The van der Waals surface area contributed by atoms with Gasteiger partial charge in [-0.2, -0.15) is 0 Å². The Bertz CT molecular complexity index is 450. The van der Waals surface area contributed by atoms with Crippen molar-refractivity contribution < 1.29 is 14.8 Å². The molecule has 0 fully saturated rings. The molecular weight excluding hydrogens is 164 g/mol. The molecule has 0 aliphatic carbocycles. The van der Waals surface area contributed by atoms with Crippen molar-refractivity contribution in [2.45, 2.75) is 0 Å². The molecule has 2 heterocycles. The lowest BCUT2D eigenvalue weighted by Crippen LogP contribution is -2.09. The third kappa shape index (κ3) is 0.570. The third-order valence-electron chi connectivity index (χ3n) is 1.57. The van der Waals surface area contributed by atoms with Crippen LogP contribution in [0.1, 0.15) is 0 Å². The second-order valence-electron chi connectivity index (χ2n) is 2.30. The highest BCUT2D eigenvalue weighted by Crippen LogP contribution is 2.25. The van der Waals surface area contributed by atoms with Gasteiger partial charge in [0.1, 0.15) is 11.9 Å². The SMILES string of the molecule is N=c1oc2cn(O)n(O)c-2c1N. The van der Waals surface area contributed by atoms with E-state index in [1.807, 2.05) is 0 Å². The third-order valence-corrected chi connectivity index (χ3v) is 1.57. The van der Waals surface area contributed by atoms with E-state index in [-0.39, 0.29) is 22.7 Å². The summed E-state index contributed by atoms with van der Waals surface area (Å²) in [7, 11) is 0. The Hall–Kier alpha value is -2.05. The average molecular weight is 170 g/mol. The highest BCUT2D eigenvalue weighted by Gasteiger charge is 2.21. The standard InChI is InChI=1S/C5H6N4O3/c6-3-4-2(12-5(3)7)1-8(10)9(4)11/h1,7,10-11H,6H2. The first-order valence-corrected chi connectivity index (χ1v) is 3.07. The van der Waals surface area contributed by atoms with Crippen LogP contribution < -0.4 is 11.3 Å². The summed E-state index contributed by atoms with van der Waals surface area (Å²) in [6.07, 6.45) is 1.10. The molecule has 0 aromatic heterocycles. The van der Waals surface area contributed by atoms with Gasteiger partial charge in [-0.15, -0.1) is 0 Å². The number of nitrogen functional groups attached to an aromatic ring is 1. The lowest BCUT2D eigenvalue weighted by molar-refractivity contribution is -0.00653. The van der Waals surface area contributed by atoms with Crippen LogP contribution in [0.15, 0.2) is 10.6 Å². The second-order valence-corrected chi connectivity index (χ2v) is 2.30. The highest BCUT2D eigenvalue weighted by molar-refractivity contribution is 5.68. The fourth-order valence-corrected chi connectivity index (χ4v) is 1.01. The van der Waals surface area contributed by atoms with Crippen molar-refractivity contribution in [1.29, 1.82) is 5.41 Å². The van der Waals surface area contributed by atoms with Crippen LogP contribution >= 0.6 is 0 Å². The van der Waals surface area contributed by atoms with Crippen molar-refractivity contribution in [2.75, 3.05) is 5.73 Å². The molecule has 0 amide bonds. The minimum absolute atomic E-state index is 0.0136. The lowest BCUT2D eigenvalue weighted by Gasteiger charge is -1.96. The average Bonchev–Trinajstić information content (AvgIpc) is 2.40. The summed E-state index contributed by atoms with van der Waals surface area (Å²) in [5, 5.41) is 25.1. The van der Waals surface area contributed by atoms with Gasteiger partial charge in [0.15, 0.2) is 11.5 Å². The van der Waals surface area contributed by atoms with Gasteiger partial charge in [0, 0.05) is 0 Å². The zero-order chi connectivity index (χ0) is 8.88. The van der Waals surface area contributed by atoms with E-state index in [1.165, 1.54) is 0 Å². The molecule has 0 spiro atoms. The molecule has 0 unspecified atom stereocenters. The Labute approximate surface area is 65.6 Å². The Morgan fingerprint density at radius 3 is 2.75 bits per heavy atom. The molecule has 0 bridgehead atoms. The first kappa shape index (κ1) is 6.65. The number of hydrogen-bond acceptors (Lipinski definition) is 5. The Morgan fingerprint density at radius 2 is 2.17 bits per heavy atom. The van der Waals surface area contributed by atoms with E-state index in [0.29, 0.717) is 9.69 Å². The van der Waals surface area contributed by atoms with Crippen LogP contribution in [-0.2, 0) is 0 Å². The number of furan rings is 1. The minimum Gasteiger partial charge on any atom is -0.433 e. The number of nitrogens with zero attached hydrogens (tertiary/aromatic N) is 2. The summed E-state index contributed by atoms with van der Waals surface area (Å²) in [6, 6.07) is 0. The van der Waals surface area contributed by atoms with Crippen LogP contribution in [0.2, 0.25) is 0 Å². The van der Waals surface area contributed by atoms with Gasteiger partial charge in [0.05, 0.1) is 0 Å². The molecule has 2 rings (SSSR count). The molecule has 0 saturated carbocycles. The zero-order valence-corrected chi connectivity index (χ0v) is 5.85. The maximum atomic E-state index is 9.10. The quantitative estimate of drug-likeness (QED) is 0.400. The summed E-state index contributed by atoms with van der Waals surface area (Å²) in [4.78, 5) is 0.802. The number of fused-ring (bicyclic) bond motifs is 1. The van der Waals surface area contributed by atoms with Gasteiger partial charge in [0.25, 0.3) is 0 Å². The smallest absolute Gasteiger partial charge is 0.237 e. The van der Waals surface area contributed by atoms with Crippen molar-refractivity contribution in [3.8, 4) is 11.5 Å². The second kappa shape index (κ2) is 1.76. The fraction of sp³-hybridized carbons (Fsp3) is 0. The van der Waals surface area contributed by atoms with E-state index < -0.39 is 0 Å². The first-order chi connectivity index (χ1) is 5.61. The van der Waals surface area contributed by atoms with Crippen LogP contribution in [0.5, 0.6) is 0 Å². The maximum Gasteiger partial charge on any atom is 0.237 e. The van der Waals surface area contributed by atoms with E-state index >= 15 is 0 Å². The minimum atomic E-state index is -0.233. The monoisotopic (exact) mass is 170 g/mol. The number of nitrogens with one attached hydrogen (secondary N) is 1. The molecule has 12 heavy (non-hydrogen) atoms. The van der Waals surface area contributed by atoms with Gasteiger partial charge >= 0.3 is 0 Å². The molecular formula is C5H6N4O3. The molecule has 64 valence electrons. The van der Waals surface area contributed by atoms with Gasteiger partial charge in [0.2, 0.25) is 5.55 Å². The molecule has 2 aliphatic rings. The number of aromatic nitrogens is 2. The van der Waals surface area contributed by atoms with Crippen LogP contribution in [0.4, 0.5) is 5.69 Å². The normalized spacial score (nSPS) is 11.0. The fourth-order valence-electron chi connectivity index (χ4n) is 1.01. The van der Waals surface area contributed by atoms with E-state index in [1.54, 1.807) is 0 Å². The van der Waals surface area contributed by atoms with Crippen molar-refractivity contribution >= 4 is 5.69 Å². The molecule has 2 aliphatic heterocycles. The van der Waals surface area contributed by atoms with Crippen LogP contribution in [0, 0.1) is 5.41 Å². The zero-order valence-electron chi connectivity index (χ0n) is 5.85. The topological polar surface area (TPSA) is 113 Å². The highest BCUT2D eigenvalue weighted by atomic mass is 16.6. The molecule has 5 N–H and O–H groups in total. The molecule has 0 saturated heterocycles. The van der Waals surface area contributed by atoms with E-state index in [9.17, 15) is 0 Å². The number of nitrogens with two attached hydrogens (primary N) is 1. The van der Waals surface area contributed by atoms with Crippen molar-refractivity contribution in [3.63, 3.8) is 0 Å². The summed E-state index contributed by atoms with van der Waals surface area (Å²) >= 11 is 0. The summed E-state index contributed by atoms with van der Waals surface area (Å²) in [5.41, 5.74) is 5.20. The molecule has 0 aromatic rings. The van der Waals surface area contributed by atoms with E-state index in [0.717, 1.165) is 6.20 Å². The molecule has 0 radical (unpaired) electrons. The van der Waals surface area contributed by atoms with Crippen LogP contribution in [0.3, 0.4) is 0 Å². The lowest BCUT2D eigenvalue weighted by atomic mass is 10.3. The van der Waals surface area contributed by atoms with Crippen molar-refractivity contribution in [3.05, 3.63) is 11.8 Å². The van der Waals surface area contributed by atoms with Gasteiger partial charge < -0.3 is 20.6 Å². The van der Waals surface area contributed by atoms with Gasteiger partial charge in [-0.05, 0) is 0 Å². The van der Waals surface area contributed by atoms with E-state index in [4.69, 9.17) is 26.0 Å². The maximum absolute atomic E-state index is 9.10. The Balaban J connectivity index is 2.92. The summed E-state index contributed by atoms with van der Waals surface area (Å²) in [6.45, 7) is 0. The predicted octanol–water partition coefficient (Wildman–Crippen LogP) is -0.476. The molecule has 7 heteroatoms. The first-order valence-electron chi connectivity index (χ1n) is 3.07. The van der Waals surface area contributed by atoms with Crippen LogP contribution in [-0.4, -0.2) is 20.1 Å². The summed E-state index contributed by atoms with van der Waals surface area (Å²) in [5.74, 6) is 0.155. The van der Waals surface area contributed by atoms with Gasteiger partial charge in [-0.3, -0.25) is 5.41 Å². The molecule has 0 aromatic carbocycles. The van der Waals surface area contributed by atoms with Crippen LogP contribution in [0.25, 0.3) is 11.5 Å².